The van der Waals surface area contributed by atoms with Gasteiger partial charge in [-0.2, -0.15) is 5.10 Å². The van der Waals surface area contributed by atoms with Crippen molar-refractivity contribution in [3.8, 4) is 28.4 Å². The third-order valence-corrected chi connectivity index (χ3v) is 7.59. The van der Waals surface area contributed by atoms with Crippen LogP contribution in [0.15, 0.2) is 88.4 Å². The molecule has 0 fully saturated rings. The number of halogens is 3. The van der Waals surface area contributed by atoms with E-state index in [4.69, 9.17) is 37.4 Å². The lowest BCUT2D eigenvalue weighted by molar-refractivity contribution is 0.0728. The predicted molar refractivity (Wildman–Crippen MR) is 172 cm³/mol. The molecular weight excluding hydrogens is 657 g/mol. The van der Waals surface area contributed by atoms with Crippen LogP contribution in [0.5, 0.6) is 17.2 Å². The first kappa shape index (κ1) is 30.2. The average Bonchev–Trinajstić information content (AvgIpc) is 3.41. The quantitative estimate of drug-likeness (QED) is 0.0706. The van der Waals surface area contributed by atoms with E-state index in [9.17, 15) is 9.59 Å². The molecule has 0 atom stereocenters. The summed E-state index contributed by atoms with van der Waals surface area (Å²) < 4.78 is 17.6. The number of ether oxygens (including phenoxy) is 3. The van der Waals surface area contributed by atoms with Crippen molar-refractivity contribution in [2.24, 2.45) is 5.10 Å². The van der Waals surface area contributed by atoms with Crippen LogP contribution in [0.1, 0.15) is 33.3 Å². The van der Waals surface area contributed by atoms with Gasteiger partial charge in [0, 0.05) is 20.4 Å². The molecule has 0 aliphatic carbocycles. The summed E-state index contributed by atoms with van der Waals surface area (Å²) >= 11 is 15.7. The fraction of sp³-hybridized carbons (Fsp3) is 0.0938. The molecule has 1 aromatic heterocycles. The van der Waals surface area contributed by atoms with Gasteiger partial charge in [0.1, 0.15) is 11.4 Å². The number of fused-ring (bicyclic) bond motifs is 1. The van der Waals surface area contributed by atoms with Crippen LogP contribution in [0.25, 0.3) is 22.0 Å². The smallest absolute Gasteiger partial charge is 0.345 e. The maximum absolute atomic E-state index is 13.4. The maximum atomic E-state index is 13.4. The summed E-state index contributed by atoms with van der Waals surface area (Å²) in [7, 11) is 1.57. The number of hydrazone groups is 1. The second-order valence-corrected chi connectivity index (χ2v) is 10.8. The maximum Gasteiger partial charge on any atom is 0.345 e. The molecule has 5 rings (SSSR count). The van der Waals surface area contributed by atoms with Gasteiger partial charge in [-0.05, 0) is 66.6 Å². The Labute approximate surface area is 265 Å². The van der Waals surface area contributed by atoms with E-state index in [1.807, 2.05) is 42.5 Å². The third-order valence-electron chi connectivity index (χ3n) is 6.38. The topological polar surface area (TPSA) is 102 Å². The van der Waals surface area contributed by atoms with Gasteiger partial charge in [0.05, 0.1) is 36.0 Å². The van der Waals surface area contributed by atoms with Gasteiger partial charge in [0.2, 0.25) is 0 Å². The van der Waals surface area contributed by atoms with Crippen LogP contribution in [-0.4, -0.2) is 36.8 Å². The lowest BCUT2D eigenvalue weighted by atomic mass is 10.0. The largest absolute Gasteiger partial charge is 0.495 e. The molecule has 4 aromatic carbocycles. The van der Waals surface area contributed by atoms with Crippen LogP contribution in [0.2, 0.25) is 10.0 Å². The van der Waals surface area contributed by atoms with Gasteiger partial charge in [-0.25, -0.2) is 10.2 Å². The molecule has 0 unspecified atom stereocenters. The highest BCUT2D eigenvalue weighted by Gasteiger charge is 2.23. The molecule has 0 radical (unpaired) electrons. The van der Waals surface area contributed by atoms with E-state index in [1.165, 1.54) is 18.3 Å². The number of amides is 1. The van der Waals surface area contributed by atoms with Crippen molar-refractivity contribution in [3.63, 3.8) is 0 Å². The number of carbonyl (C=O) groups is 2. The van der Waals surface area contributed by atoms with E-state index in [2.05, 4.69) is 31.4 Å². The third kappa shape index (κ3) is 6.54. The molecule has 8 nitrogen and oxygen atoms in total. The Balaban J connectivity index is 1.40. The first-order valence-corrected chi connectivity index (χ1v) is 14.6. The predicted octanol–water partition coefficient (Wildman–Crippen LogP) is 8.29. The number of nitrogens with zero attached hydrogens (tertiary/aromatic N) is 1. The molecule has 0 aliphatic rings. The molecule has 5 aromatic rings. The minimum Gasteiger partial charge on any atom is -0.495 e. The van der Waals surface area contributed by atoms with E-state index in [0.29, 0.717) is 45.5 Å². The van der Waals surface area contributed by atoms with Gasteiger partial charge < -0.3 is 19.2 Å². The molecule has 218 valence electrons. The van der Waals surface area contributed by atoms with Crippen LogP contribution in [0.3, 0.4) is 0 Å². The Kier molecular flexibility index (Phi) is 9.35. The van der Waals surface area contributed by atoms with Gasteiger partial charge >= 0.3 is 5.97 Å². The molecule has 1 heterocycles. The molecule has 0 saturated carbocycles. The van der Waals surface area contributed by atoms with Gasteiger partial charge in [0.15, 0.2) is 11.5 Å². The number of aromatic nitrogens is 1. The molecular formula is C32H24BrCl2N3O5. The zero-order chi connectivity index (χ0) is 30.5. The Bertz CT molecular complexity index is 1860. The zero-order valence-electron chi connectivity index (χ0n) is 22.9. The second kappa shape index (κ2) is 13.3. The minimum atomic E-state index is -0.660. The number of rotatable bonds is 9. The summed E-state index contributed by atoms with van der Waals surface area (Å²) in [6, 6.07) is 22.7. The minimum absolute atomic E-state index is 0.165. The lowest BCUT2D eigenvalue weighted by Gasteiger charge is -2.12. The summed E-state index contributed by atoms with van der Waals surface area (Å²) in [6.07, 6.45) is 1.46. The molecule has 0 bridgehead atoms. The van der Waals surface area contributed by atoms with Crippen molar-refractivity contribution in [3.05, 3.63) is 110 Å². The van der Waals surface area contributed by atoms with E-state index in [0.717, 1.165) is 15.4 Å². The first-order valence-electron chi connectivity index (χ1n) is 13.0. The normalized spacial score (nSPS) is 11.1. The number of benzene rings is 4. The first-order chi connectivity index (χ1) is 20.8. The summed E-state index contributed by atoms with van der Waals surface area (Å²) in [5.41, 5.74) is 5.91. The number of nitrogens with one attached hydrogen (secondary N) is 2. The summed E-state index contributed by atoms with van der Waals surface area (Å²) in [5.74, 6) is 0.00241. The van der Waals surface area contributed by atoms with Crippen molar-refractivity contribution in [1.82, 2.24) is 10.4 Å². The molecule has 0 spiro atoms. The van der Waals surface area contributed by atoms with Crippen molar-refractivity contribution in [2.75, 3.05) is 13.7 Å². The monoisotopic (exact) mass is 679 g/mol. The van der Waals surface area contributed by atoms with Crippen LogP contribution in [0.4, 0.5) is 0 Å². The van der Waals surface area contributed by atoms with Gasteiger partial charge in [-0.3, -0.25) is 4.79 Å². The number of H-pyrrole nitrogens is 1. The molecule has 11 heteroatoms. The number of aromatic amines is 1. The number of carbonyl (C=O) groups excluding carboxylic acids is 2. The highest BCUT2D eigenvalue weighted by Crippen LogP contribution is 2.41. The Morgan fingerprint density at radius 2 is 1.74 bits per heavy atom. The fourth-order valence-electron chi connectivity index (χ4n) is 4.46. The van der Waals surface area contributed by atoms with Gasteiger partial charge in [-0.15, -0.1) is 0 Å². The number of esters is 1. The SMILES string of the molecule is CCOc1cc(C=NNC(=O)c2[nH]c3c(OC)ccc(Br)c3c2-c2ccccc2)ccc1OC(=O)c1ccc(Cl)cc1Cl. The summed E-state index contributed by atoms with van der Waals surface area (Å²) in [5, 5.41) is 5.55. The summed E-state index contributed by atoms with van der Waals surface area (Å²) in [4.78, 5) is 29.4. The standard InChI is InChI=1S/C32H24BrCl2N3O5/c1-3-42-26-15-18(9-13-24(26)43-32(40)21-11-10-20(34)16-23(21)35)17-36-38-31(39)30-27(19-7-5-4-6-8-19)28-22(33)12-14-25(41-2)29(28)37-30/h4-17,37H,3H2,1-2H3,(H,38,39). The number of hydrogen-bond acceptors (Lipinski definition) is 6. The molecule has 43 heavy (non-hydrogen) atoms. The van der Waals surface area contributed by atoms with Crippen molar-refractivity contribution in [1.29, 1.82) is 0 Å². The van der Waals surface area contributed by atoms with E-state index >= 15 is 0 Å². The van der Waals surface area contributed by atoms with E-state index in [1.54, 1.807) is 38.3 Å². The van der Waals surface area contributed by atoms with Crippen molar-refractivity contribution >= 4 is 68.1 Å². The van der Waals surface area contributed by atoms with Crippen LogP contribution in [-0.2, 0) is 0 Å². The molecule has 0 aliphatic heterocycles. The Morgan fingerprint density at radius 1 is 0.977 bits per heavy atom. The highest BCUT2D eigenvalue weighted by atomic mass is 79.9. The summed E-state index contributed by atoms with van der Waals surface area (Å²) in [6.45, 7) is 2.13. The fourth-order valence-corrected chi connectivity index (χ4v) is 5.48. The lowest BCUT2D eigenvalue weighted by Crippen LogP contribution is -2.19. The zero-order valence-corrected chi connectivity index (χ0v) is 26.0. The van der Waals surface area contributed by atoms with Crippen LogP contribution >= 0.6 is 39.1 Å². The van der Waals surface area contributed by atoms with E-state index < -0.39 is 11.9 Å². The van der Waals surface area contributed by atoms with Crippen LogP contribution in [0, 0.1) is 0 Å². The number of methoxy groups -OCH3 is 1. The number of hydrogen-bond donors (Lipinski definition) is 2. The second-order valence-electron chi connectivity index (χ2n) is 9.09. The Hall–Kier alpha value is -4.31. The van der Waals surface area contributed by atoms with Gasteiger partial charge in [0.25, 0.3) is 5.91 Å². The average molecular weight is 681 g/mol. The molecule has 1 amide bonds. The molecule has 0 saturated heterocycles. The Morgan fingerprint density at radius 3 is 2.47 bits per heavy atom. The van der Waals surface area contributed by atoms with Crippen LogP contribution < -0.4 is 19.6 Å². The van der Waals surface area contributed by atoms with Crippen molar-refractivity contribution in [2.45, 2.75) is 6.92 Å². The van der Waals surface area contributed by atoms with Gasteiger partial charge in [-0.1, -0.05) is 69.5 Å². The molecule has 2 N–H and O–H groups in total. The highest BCUT2D eigenvalue weighted by molar-refractivity contribution is 9.10. The van der Waals surface area contributed by atoms with E-state index in [-0.39, 0.29) is 16.3 Å². The van der Waals surface area contributed by atoms with Crippen molar-refractivity contribution < 1.29 is 23.8 Å².